The summed E-state index contributed by atoms with van der Waals surface area (Å²) < 4.78 is 26.3. The normalized spacial score (nSPS) is 21.1. The molecule has 1 heterocycles. The summed E-state index contributed by atoms with van der Waals surface area (Å²) in [7, 11) is -3.68. The first-order valence-electron chi connectivity index (χ1n) is 6.46. The van der Waals surface area contributed by atoms with Gasteiger partial charge in [-0.15, -0.1) is 0 Å². The molecule has 2 aromatic rings. The minimum atomic E-state index is -3.68. The second-order valence-electron chi connectivity index (χ2n) is 6.22. The number of hydrogen-bond acceptors (Lipinski definition) is 3. The van der Waals surface area contributed by atoms with Crippen LogP contribution in [0.5, 0.6) is 0 Å². The standard InChI is InChI=1S/C15H16NO3S/c1-15(2,3)14-16(17)11-8-4-6-10-7-5-9-12(13(10)11)20(14,18)19/h4-9,14H,1-3H3/q+1. The van der Waals surface area contributed by atoms with Crippen LogP contribution in [-0.4, -0.2) is 18.6 Å². The van der Waals surface area contributed by atoms with E-state index in [1.165, 1.54) is 0 Å². The molecule has 0 fully saturated rings. The maximum absolute atomic E-state index is 12.8. The second kappa shape index (κ2) is 3.88. The average molecular weight is 290 g/mol. The molecule has 0 aromatic heterocycles. The van der Waals surface area contributed by atoms with E-state index in [0.29, 0.717) is 15.8 Å². The molecule has 0 aliphatic carbocycles. The molecule has 0 amide bonds. The van der Waals surface area contributed by atoms with Crippen molar-refractivity contribution in [2.75, 3.05) is 0 Å². The molecule has 0 N–H and O–H groups in total. The number of nitroso groups, excluding NO2 is 1. The van der Waals surface area contributed by atoms with Crippen LogP contribution in [0.3, 0.4) is 0 Å². The van der Waals surface area contributed by atoms with Crippen LogP contribution in [0.25, 0.3) is 10.8 Å². The Kier molecular flexibility index (Phi) is 2.57. The Bertz CT molecular complexity index is 827. The molecular formula is C15H16NO3S+. The lowest BCUT2D eigenvalue weighted by Crippen LogP contribution is -2.43. The summed E-state index contributed by atoms with van der Waals surface area (Å²) in [5.41, 5.74) is -0.233. The van der Waals surface area contributed by atoms with Crippen molar-refractivity contribution >= 4 is 26.3 Å². The van der Waals surface area contributed by atoms with Crippen molar-refractivity contribution in [3.8, 4) is 0 Å². The van der Waals surface area contributed by atoms with Gasteiger partial charge in [0, 0.05) is 16.4 Å². The van der Waals surface area contributed by atoms with Crippen molar-refractivity contribution in [3.63, 3.8) is 0 Å². The summed E-state index contributed by atoms with van der Waals surface area (Å²) in [5, 5.41) is 0.206. The summed E-state index contributed by atoms with van der Waals surface area (Å²) in [4.78, 5) is 12.9. The number of rotatable bonds is 0. The van der Waals surface area contributed by atoms with Crippen LogP contribution in [-0.2, 0) is 9.84 Å². The van der Waals surface area contributed by atoms with Crippen molar-refractivity contribution in [2.45, 2.75) is 31.0 Å². The van der Waals surface area contributed by atoms with Crippen molar-refractivity contribution in [3.05, 3.63) is 41.3 Å². The first-order valence-corrected chi connectivity index (χ1v) is 8.01. The quantitative estimate of drug-likeness (QED) is 0.699. The molecule has 4 nitrogen and oxygen atoms in total. The highest BCUT2D eigenvalue weighted by atomic mass is 32.2. The molecule has 1 unspecified atom stereocenters. The summed E-state index contributed by atoms with van der Waals surface area (Å²) >= 11 is 0. The largest absolute Gasteiger partial charge is 0.314 e. The van der Waals surface area contributed by atoms with Crippen LogP contribution < -0.4 is 0 Å². The van der Waals surface area contributed by atoms with Gasteiger partial charge in [0.25, 0.3) is 5.69 Å². The van der Waals surface area contributed by atoms with Crippen LogP contribution in [0.15, 0.2) is 41.3 Å². The summed E-state index contributed by atoms with van der Waals surface area (Å²) in [6.45, 7) is 5.32. The third kappa shape index (κ3) is 1.62. The van der Waals surface area contributed by atoms with Crippen molar-refractivity contribution in [1.82, 2.24) is 0 Å². The highest BCUT2D eigenvalue weighted by molar-refractivity contribution is 7.92. The Morgan fingerprint density at radius 3 is 2.25 bits per heavy atom. The lowest BCUT2D eigenvalue weighted by molar-refractivity contribution is -0.497. The third-order valence-electron chi connectivity index (χ3n) is 3.64. The first kappa shape index (κ1) is 13.2. The van der Waals surface area contributed by atoms with Gasteiger partial charge in [-0.05, 0) is 11.5 Å². The van der Waals surface area contributed by atoms with E-state index >= 15 is 0 Å². The van der Waals surface area contributed by atoms with Crippen LogP contribution in [0.4, 0.5) is 5.69 Å². The predicted octanol–water partition coefficient (Wildman–Crippen LogP) is 3.41. The third-order valence-corrected chi connectivity index (χ3v) is 6.08. The fourth-order valence-corrected chi connectivity index (χ4v) is 5.21. The van der Waals surface area contributed by atoms with E-state index in [-0.39, 0.29) is 4.90 Å². The van der Waals surface area contributed by atoms with Gasteiger partial charge >= 0.3 is 5.37 Å². The fourth-order valence-electron chi connectivity index (χ4n) is 2.90. The van der Waals surface area contributed by atoms with Gasteiger partial charge in [0.1, 0.15) is 0 Å². The van der Waals surface area contributed by atoms with Crippen LogP contribution in [0.2, 0.25) is 0 Å². The van der Waals surface area contributed by atoms with Gasteiger partial charge in [-0.1, -0.05) is 45.0 Å². The van der Waals surface area contributed by atoms with Gasteiger partial charge < -0.3 is 0 Å². The molecule has 0 saturated heterocycles. The molecule has 0 spiro atoms. The monoisotopic (exact) mass is 290 g/mol. The van der Waals surface area contributed by atoms with Gasteiger partial charge in [0.2, 0.25) is 9.84 Å². The number of sulfone groups is 1. The van der Waals surface area contributed by atoms with Crippen LogP contribution in [0.1, 0.15) is 20.8 Å². The summed E-state index contributed by atoms with van der Waals surface area (Å²) in [5.74, 6) is 0. The zero-order valence-electron chi connectivity index (χ0n) is 11.6. The van der Waals surface area contributed by atoms with E-state index in [1.54, 1.807) is 45.0 Å². The van der Waals surface area contributed by atoms with Gasteiger partial charge in [-0.25, -0.2) is 8.42 Å². The molecule has 2 aromatic carbocycles. The lowest BCUT2D eigenvalue weighted by atomic mass is 9.95. The van der Waals surface area contributed by atoms with Gasteiger partial charge in [0.05, 0.1) is 15.0 Å². The van der Waals surface area contributed by atoms with E-state index in [0.717, 1.165) is 5.39 Å². The van der Waals surface area contributed by atoms with Crippen LogP contribution >= 0.6 is 0 Å². The molecule has 1 atom stereocenters. The van der Waals surface area contributed by atoms with Crippen LogP contribution in [0, 0.1) is 10.3 Å². The number of benzene rings is 2. The minimum Gasteiger partial charge on any atom is -0.217 e. The zero-order chi connectivity index (χ0) is 14.7. The van der Waals surface area contributed by atoms with Crippen molar-refractivity contribution < 1.29 is 13.2 Å². The van der Waals surface area contributed by atoms with Gasteiger partial charge in [-0.3, -0.25) is 0 Å². The second-order valence-corrected chi connectivity index (χ2v) is 8.20. The molecule has 1 aliphatic heterocycles. The molecule has 5 heteroatoms. The molecule has 0 saturated carbocycles. The molecule has 3 rings (SSSR count). The molecule has 0 bridgehead atoms. The summed E-state index contributed by atoms with van der Waals surface area (Å²) in [6, 6.07) is 10.4. The molecular weight excluding hydrogens is 274 g/mol. The van der Waals surface area contributed by atoms with Gasteiger partial charge in [0.15, 0.2) is 0 Å². The fraction of sp³-hybridized carbons (Fsp3) is 0.333. The number of hydrogen-bond donors (Lipinski definition) is 0. The zero-order valence-corrected chi connectivity index (χ0v) is 12.4. The van der Waals surface area contributed by atoms with E-state index in [9.17, 15) is 13.3 Å². The van der Waals surface area contributed by atoms with Crippen molar-refractivity contribution in [1.29, 1.82) is 0 Å². The Morgan fingerprint density at radius 1 is 1.05 bits per heavy atom. The Labute approximate surface area is 117 Å². The SMILES string of the molecule is CC(C)(C)C1[N+](=O)c2cccc3cccc(c23)S1(=O)=O. The predicted molar refractivity (Wildman–Crippen MR) is 77.7 cm³/mol. The average Bonchev–Trinajstić information content (AvgIpc) is 2.33. The Balaban J connectivity index is 2.49. The smallest absolute Gasteiger partial charge is 0.217 e. The summed E-state index contributed by atoms with van der Waals surface area (Å²) in [6.07, 6.45) is 0. The Morgan fingerprint density at radius 2 is 1.65 bits per heavy atom. The molecule has 20 heavy (non-hydrogen) atoms. The highest BCUT2D eigenvalue weighted by Crippen LogP contribution is 2.44. The molecule has 1 aliphatic rings. The van der Waals surface area contributed by atoms with Crippen molar-refractivity contribution in [2.24, 2.45) is 5.41 Å². The minimum absolute atomic E-state index is 0.262. The van der Waals surface area contributed by atoms with E-state index in [4.69, 9.17) is 0 Å². The first-order chi connectivity index (χ1) is 9.24. The highest BCUT2D eigenvalue weighted by Gasteiger charge is 2.54. The van der Waals surface area contributed by atoms with E-state index < -0.39 is 20.6 Å². The topological polar surface area (TPSA) is 54.2 Å². The Hall–Kier alpha value is -1.75. The van der Waals surface area contributed by atoms with E-state index in [2.05, 4.69) is 0 Å². The lowest BCUT2D eigenvalue weighted by Gasteiger charge is -2.26. The maximum Gasteiger partial charge on any atom is 0.314 e. The molecule has 104 valence electrons. The number of nitrogens with zero attached hydrogens (tertiary/aromatic N) is 1. The van der Waals surface area contributed by atoms with E-state index in [1.807, 2.05) is 12.1 Å². The molecule has 0 radical (unpaired) electrons. The van der Waals surface area contributed by atoms with Gasteiger partial charge in [-0.2, -0.15) is 0 Å². The maximum atomic E-state index is 12.8.